The smallest absolute Gasteiger partial charge is 0.423 e. The maximum Gasteiger partial charge on any atom is 0.423 e. The normalized spacial score (nSPS) is 14.2. The number of rotatable bonds is 10. The number of ether oxygens (including phenoxy) is 2. The van der Waals surface area contributed by atoms with Gasteiger partial charge < -0.3 is 24.6 Å². The first-order valence-electron chi connectivity index (χ1n) is 12.4. The Morgan fingerprint density at radius 2 is 1.87 bits per heavy atom. The molecular weight excluding hydrogens is 535 g/mol. The third kappa shape index (κ3) is 8.68. The highest BCUT2D eigenvalue weighted by Crippen LogP contribution is 2.31. The Bertz CT molecular complexity index is 1220. The number of amides is 1. The van der Waals surface area contributed by atoms with Crippen LogP contribution >= 0.6 is 0 Å². The molecule has 3 rings (SSSR count). The summed E-state index contributed by atoms with van der Waals surface area (Å²) in [5.41, 5.74) is -2.74. The van der Waals surface area contributed by atoms with Gasteiger partial charge in [0.05, 0.1) is 17.4 Å². The van der Waals surface area contributed by atoms with E-state index in [0.29, 0.717) is 48.8 Å². The van der Waals surface area contributed by atoms with Gasteiger partial charge in [0.1, 0.15) is 30.8 Å². The molecule has 1 aliphatic heterocycles. The van der Waals surface area contributed by atoms with E-state index >= 15 is 0 Å². The summed E-state index contributed by atoms with van der Waals surface area (Å²) in [6, 6.07) is 6.22. The number of carbonyl (C=O) groups is 1. The molecule has 1 aliphatic rings. The number of pyridine rings is 1. The van der Waals surface area contributed by atoms with Crippen LogP contribution in [0.3, 0.4) is 0 Å². The Morgan fingerprint density at radius 1 is 1.15 bits per heavy atom. The quantitative estimate of drug-likeness (QED) is 0.340. The van der Waals surface area contributed by atoms with Crippen LogP contribution in [0.4, 0.5) is 29.5 Å². The fourth-order valence-electron chi connectivity index (χ4n) is 3.69. The van der Waals surface area contributed by atoms with E-state index in [4.69, 9.17) is 14.7 Å². The minimum absolute atomic E-state index is 0.151. The van der Waals surface area contributed by atoms with Crippen LogP contribution in [0.5, 0.6) is 0 Å². The standard InChI is InChI=1S/C24H32F3N7O4Si/c1-39(2,3)13-12-37-17-34-22(35)21(24(25,26)27)19(16-31-34)29-6-11-38-23(36)33-9-7-32(8-10-33)20-5-4-18(14-28)15-30-20/h4-5,15-16,29H,6-13,17H2,1-3H3. The number of nitrogens with one attached hydrogen (secondary N) is 1. The summed E-state index contributed by atoms with van der Waals surface area (Å²) in [7, 11) is -1.39. The van der Waals surface area contributed by atoms with Crippen molar-refractivity contribution in [2.24, 2.45) is 0 Å². The van der Waals surface area contributed by atoms with E-state index in [0.717, 1.165) is 12.2 Å². The predicted molar refractivity (Wildman–Crippen MR) is 140 cm³/mol. The summed E-state index contributed by atoms with van der Waals surface area (Å²) >= 11 is 0. The van der Waals surface area contributed by atoms with Gasteiger partial charge in [-0.05, 0) is 18.2 Å². The summed E-state index contributed by atoms with van der Waals surface area (Å²) in [5.74, 6) is 0.695. The van der Waals surface area contributed by atoms with Gasteiger partial charge in [0.2, 0.25) is 0 Å². The van der Waals surface area contributed by atoms with Crippen molar-refractivity contribution < 1.29 is 27.4 Å². The van der Waals surface area contributed by atoms with Gasteiger partial charge in [-0.1, -0.05) is 19.6 Å². The maximum atomic E-state index is 13.7. The predicted octanol–water partition coefficient (Wildman–Crippen LogP) is 3.21. The summed E-state index contributed by atoms with van der Waals surface area (Å²) < 4.78 is 52.2. The molecule has 0 atom stereocenters. The van der Waals surface area contributed by atoms with Gasteiger partial charge in [0.15, 0.2) is 0 Å². The molecule has 1 saturated heterocycles. The van der Waals surface area contributed by atoms with Crippen molar-refractivity contribution >= 4 is 25.7 Å². The maximum absolute atomic E-state index is 13.7. The van der Waals surface area contributed by atoms with Crippen LogP contribution in [0.25, 0.3) is 0 Å². The van der Waals surface area contributed by atoms with Gasteiger partial charge in [0.25, 0.3) is 5.56 Å². The zero-order chi connectivity index (χ0) is 28.6. The van der Waals surface area contributed by atoms with Crippen LogP contribution < -0.4 is 15.8 Å². The average molecular weight is 568 g/mol. The summed E-state index contributed by atoms with van der Waals surface area (Å²) in [6.07, 6.45) is -3.11. The van der Waals surface area contributed by atoms with Crippen molar-refractivity contribution in [3.8, 4) is 6.07 Å². The molecular formula is C24H32F3N7O4Si. The fourth-order valence-corrected chi connectivity index (χ4v) is 4.45. The molecule has 1 N–H and O–H groups in total. The van der Waals surface area contributed by atoms with Gasteiger partial charge in [-0.25, -0.2) is 14.5 Å². The van der Waals surface area contributed by atoms with E-state index in [1.807, 2.05) is 11.0 Å². The first-order valence-corrected chi connectivity index (χ1v) is 16.1. The fraction of sp³-hybridized carbons (Fsp3) is 0.542. The second-order valence-corrected chi connectivity index (χ2v) is 15.7. The molecule has 0 aliphatic carbocycles. The highest BCUT2D eigenvalue weighted by Gasteiger charge is 2.38. The number of hydrogen-bond donors (Lipinski definition) is 1. The number of nitrogens with zero attached hydrogens (tertiary/aromatic N) is 6. The highest BCUT2D eigenvalue weighted by molar-refractivity contribution is 6.76. The monoisotopic (exact) mass is 567 g/mol. The van der Waals surface area contributed by atoms with Crippen molar-refractivity contribution in [2.75, 3.05) is 56.2 Å². The van der Waals surface area contributed by atoms with E-state index in [2.05, 4.69) is 35.0 Å². The van der Waals surface area contributed by atoms with E-state index in [1.165, 1.54) is 11.1 Å². The molecule has 0 aromatic carbocycles. The minimum Gasteiger partial charge on any atom is -0.448 e. The first-order chi connectivity index (χ1) is 18.4. The summed E-state index contributed by atoms with van der Waals surface area (Å²) in [5, 5.41) is 15.2. The lowest BCUT2D eigenvalue weighted by Crippen LogP contribution is -2.49. The molecule has 3 heterocycles. The number of halogens is 3. The molecule has 1 amide bonds. The Labute approximate surface area is 225 Å². The van der Waals surface area contributed by atoms with E-state index in [1.54, 1.807) is 12.1 Å². The zero-order valence-electron chi connectivity index (χ0n) is 22.1. The lowest BCUT2D eigenvalue weighted by molar-refractivity contribution is -0.138. The second kappa shape index (κ2) is 12.9. The molecule has 0 bridgehead atoms. The molecule has 0 spiro atoms. The summed E-state index contributed by atoms with van der Waals surface area (Å²) in [4.78, 5) is 32.6. The Hall–Kier alpha value is -3.64. The number of anilines is 2. The molecule has 2 aromatic heterocycles. The molecule has 2 aromatic rings. The highest BCUT2D eigenvalue weighted by atomic mass is 28.3. The van der Waals surface area contributed by atoms with Crippen molar-refractivity contribution in [1.82, 2.24) is 19.7 Å². The van der Waals surface area contributed by atoms with Crippen LogP contribution in [0.1, 0.15) is 11.1 Å². The largest absolute Gasteiger partial charge is 0.448 e. The van der Waals surface area contributed by atoms with Gasteiger partial charge >= 0.3 is 12.3 Å². The number of carbonyl (C=O) groups excluding carboxylic acids is 1. The van der Waals surface area contributed by atoms with Crippen molar-refractivity contribution in [1.29, 1.82) is 5.26 Å². The van der Waals surface area contributed by atoms with Gasteiger partial charge in [-0.2, -0.15) is 23.5 Å². The number of nitriles is 1. The molecule has 15 heteroatoms. The van der Waals surface area contributed by atoms with Gasteiger partial charge in [0, 0.05) is 53.6 Å². The molecule has 212 valence electrons. The van der Waals surface area contributed by atoms with Crippen LogP contribution in [0.15, 0.2) is 29.3 Å². The number of piperazine rings is 1. The number of aromatic nitrogens is 3. The van der Waals surface area contributed by atoms with E-state index in [-0.39, 0.29) is 19.9 Å². The lowest BCUT2D eigenvalue weighted by atomic mass is 10.2. The molecule has 0 saturated carbocycles. The molecule has 0 unspecified atom stereocenters. The molecule has 1 fully saturated rings. The Balaban J connectivity index is 1.48. The van der Waals surface area contributed by atoms with Gasteiger partial charge in [-0.15, -0.1) is 0 Å². The molecule has 39 heavy (non-hydrogen) atoms. The number of hydrogen-bond acceptors (Lipinski definition) is 9. The lowest BCUT2D eigenvalue weighted by Gasteiger charge is -2.34. The molecule has 11 nitrogen and oxygen atoms in total. The van der Waals surface area contributed by atoms with Crippen LogP contribution in [-0.4, -0.2) is 79.8 Å². The van der Waals surface area contributed by atoms with Crippen LogP contribution in [-0.2, 0) is 22.4 Å². The van der Waals surface area contributed by atoms with Crippen molar-refractivity contribution in [3.05, 3.63) is 46.0 Å². The topological polar surface area (TPSA) is 126 Å². The van der Waals surface area contributed by atoms with Crippen LogP contribution in [0.2, 0.25) is 25.7 Å². The number of alkyl halides is 3. The SMILES string of the molecule is C[Si](C)(C)CCOCn1ncc(NCCOC(=O)N2CCN(c3ccc(C#N)cn3)CC2)c(C(F)(F)F)c1=O. The first kappa shape index (κ1) is 29.9. The zero-order valence-corrected chi connectivity index (χ0v) is 23.1. The van der Waals surface area contributed by atoms with Crippen molar-refractivity contribution in [2.45, 2.75) is 38.6 Å². The third-order valence-corrected chi connectivity index (χ3v) is 7.62. The summed E-state index contributed by atoms with van der Waals surface area (Å²) in [6.45, 7) is 7.75. The minimum atomic E-state index is -4.91. The average Bonchev–Trinajstić information content (AvgIpc) is 2.88. The third-order valence-electron chi connectivity index (χ3n) is 5.92. The van der Waals surface area contributed by atoms with Gasteiger partial charge in [-0.3, -0.25) is 4.79 Å². The van der Waals surface area contributed by atoms with Crippen LogP contribution in [0, 0.1) is 11.3 Å². The Morgan fingerprint density at radius 3 is 2.46 bits per heavy atom. The Kier molecular flexibility index (Phi) is 9.92. The van der Waals surface area contributed by atoms with E-state index < -0.39 is 37.2 Å². The van der Waals surface area contributed by atoms with Crippen molar-refractivity contribution in [3.63, 3.8) is 0 Å². The van der Waals surface area contributed by atoms with E-state index in [9.17, 15) is 22.8 Å². The second-order valence-electron chi connectivity index (χ2n) is 10.1. The molecule has 0 radical (unpaired) electrons.